The highest BCUT2D eigenvalue weighted by molar-refractivity contribution is 8.08. The molecule has 2 saturated carbocycles. The molecule has 4 fully saturated rings. The maximum Gasteiger partial charge on any atom is 0.309 e. The van der Waals surface area contributed by atoms with Gasteiger partial charge in [-0.1, -0.05) is 0 Å². The lowest BCUT2D eigenvalue weighted by atomic mass is 9.83. The third-order valence-electron chi connectivity index (χ3n) is 6.28. The molecule has 4 nitrogen and oxygen atoms in total. The molecule has 4 rings (SSSR count). The fraction of sp³-hybridized carbons (Fsp3) is 0.889. The van der Waals surface area contributed by atoms with Crippen molar-refractivity contribution in [2.24, 2.45) is 11.8 Å². The summed E-state index contributed by atoms with van der Waals surface area (Å²) in [6, 6.07) is 0. The molecule has 0 N–H and O–H groups in total. The molecule has 0 amide bonds. The second-order valence-electron chi connectivity index (χ2n) is 8.12. The Morgan fingerprint density at radius 1 is 0.875 bits per heavy atom. The predicted molar refractivity (Wildman–Crippen MR) is 96.2 cm³/mol. The molecule has 134 valence electrons. The fourth-order valence-corrected chi connectivity index (χ4v) is 6.96. The van der Waals surface area contributed by atoms with Crippen LogP contribution in [-0.2, 0) is 19.1 Å². The molecule has 2 heterocycles. The number of fused-ring (bicyclic) bond motifs is 2. The van der Waals surface area contributed by atoms with Gasteiger partial charge in [-0.3, -0.25) is 9.59 Å². The van der Waals surface area contributed by atoms with Crippen LogP contribution in [0.25, 0.3) is 0 Å². The van der Waals surface area contributed by atoms with Crippen molar-refractivity contribution < 1.29 is 19.1 Å². The third kappa shape index (κ3) is 3.33. The summed E-state index contributed by atoms with van der Waals surface area (Å²) < 4.78 is 11.5. The first-order chi connectivity index (χ1) is 11.4. The van der Waals surface area contributed by atoms with E-state index in [1.807, 2.05) is 23.5 Å². The Hall–Kier alpha value is -0.360. The Morgan fingerprint density at radius 3 is 1.67 bits per heavy atom. The van der Waals surface area contributed by atoms with Crippen LogP contribution < -0.4 is 0 Å². The van der Waals surface area contributed by atoms with E-state index in [4.69, 9.17) is 9.47 Å². The van der Waals surface area contributed by atoms with Gasteiger partial charge in [-0.25, -0.2) is 0 Å². The molecule has 4 aliphatic rings. The Bertz CT molecular complexity index is 505. The van der Waals surface area contributed by atoms with Crippen LogP contribution in [0.3, 0.4) is 0 Å². The Morgan fingerprint density at radius 2 is 1.29 bits per heavy atom. The van der Waals surface area contributed by atoms with Crippen molar-refractivity contribution in [1.29, 1.82) is 0 Å². The summed E-state index contributed by atoms with van der Waals surface area (Å²) in [4.78, 5) is 24.2. The number of carbonyl (C=O) groups is 2. The van der Waals surface area contributed by atoms with Gasteiger partial charge in [0.25, 0.3) is 0 Å². The normalized spacial score (nSPS) is 45.6. The molecule has 24 heavy (non-hydrogen) atoms. The first-order valence-electron chi connectivity index (χ1n) is 9.08. The molecule has 6 heteroatoms. The first-order valence-corrected chi connectivity index (χ1v) is 10.8. The third-order valence-corrected chi connectivity index (χ3v) is 9.83. The van der Waals surface area contributed by atoms with Crippen molar-refractivity contribution in [2.75, 3.05) is 13.2 Å². The number of ether oxygens (including phenoxy) is 2. The molecular weight excluding hydrogens is 344 g/mol. The highest BCUT2D eigenvalue weighted by Crippen LogP contribution is 2.63. The SMILES string of the molecule is CC12CCC(C(=O)OCCOC(=O)C3CCC4(C)SC4C3)CC1S2. The van der Waals surface area contributed by atoms with Gasteiger partial charge >= 0.3 is 11.9 Å². The Labute approximate surface area is 152 Å². The highest BCUT2D eigenvalue weighted by Gasteiger charge is 2.56. The van der Waals surface area contributed by atoms with Crippen LogP contribution in [0.15, 0.2) is 0 Å². The van der Waals surface area contributed by atoms with Gasteiger partial charge in [-0.15, -0.1) is 23.5 Å². The molecule has 0 aromatic carbocycles. The number of carbonyl (C=O) groups excluding carboxylic acids is 2. The quantitative estimate of drug-likeness (QED) is 0.420. The lowest BCUT2D eigenvalue weighted by Gasteiger charge is -2.23. The van der Waals surface area contributed by atoms with Gasteiger partial charge in [0.15, 0.2) is 0 Å². The molecule has 0 radical (unpaired) electrons. The van der Waals surface area contributed by atoms with Crippen molar-refractivity contribution in [3.63, 3.8) is 0 Å². The van der Waals surface area contributed by atoms with Gasteiger partial charge in [-0.05, 0) is 52.4 Å². The maximum absolute atomic E-state index is 12.1. The highest BCUT2D eigenvalue weighted by atomic mass is 32.2. The second kappa shape index (κ2) is 6.11. The van der Waals surface area contributed by atoms with Gasteiger partial charge in [0.2, 0.25) is 0 Å². The van der Waals surface area contributed by atoms with Crippen LogP contribution in [0, 0.1) is 11.8 Å². The summed E-state index contributed by atoms with van der Waals surface area (Å²) in [5, 5.41) is 1.28. The van der Waals surface area contributed by atoms with Crippen LogP contribution in [0.4, 0.5) is 0 Å². The van der Waals surface area contributed by atoms with E-state index in [-0.39, 0.29) is 37.0 Å². The Balaban J connectivity index is 1.12. The van der Waals surface area contributed by atoms with Crippen LogP contribution in [0.1, 0.15) is 52.4 Å². The number of hydrogen-bond acceptors (Lipinski definition) is 6. The van der Waals surface area contributed by atoms with Crippen molar-refractivity contribution in [1.82, 2.24) is 0 Å². The minimum Gasteiger partial charge on any atom is -0.462 e. The van der Waals surface area contributed by atoms with E-state index in [0.717, 1.165) is 38.5 Å². The second-order valence-corrected chi connectivity index (χ2v) is 11.6. The number of hydrogen-bond donors (Lipinski definition) is 0. The van der Waals surface area contributed by atoms with E-state index in [0.29, 0.717) is 20.0 Å². The molecule has 2 saturated heterocycles. The first kappa shape index (κ1) is 17.1. The van der Waals surface area contributed by atoms with Gasteiger partial charge in [0.05, 0.1) is 11.8 Å². The standard InChI is InChI=1S/C18H26O4S2/c1-17-5-3-11(9-13(17)23-17)15(19)21-7-8-22-16(20)12-4-6-18(2)14(10-12)24-18/h11-14H,3-10H2,1-2H3. The molecule has 0 spiro atoms. The van der Waals surface area contributed by atoms with Crippen LogP contribution in [0.5, 0.6) is 0 Å². The Kier molecular flexibility index (Phi) is 4.35. The van der Waals surface area contributed by atoms with Gasteiger partial charge < -0.3 is 9.47 Å². The predicted octanol–water partition coefficient (Wildman–Crippen LogP) is 3.42. The van der Waals surface area contributed by atoms with Crippen LogP contribution in [0.2, 0.25) is 0 Å². The topological polar surface area (TPSA) is 52.6 Å². The summed E-state index contributed by atoms with van der Waals surface area (Å²) in [7, 11) is 0. The molecule has 6 atom stereocenters. The number of rotatable bonds is 5. The van der Waals surface area contributed by atoms with E-state index in [9.17, 15) is 9.59 Å². The molecular formula is C18H26O4S2. The van der Waals surface area contributed by atoms with Crippen molar-refractivity contribution in [3.05, 3.63) is 0 Å². The molecule has 2 aliphatic heterocycles. The summed E-state index contributed by atoms with van der Waals surface area (Å²) in [6.07, 6.45) is 5.96. The summed E-state index contributed by atoms with van der Waals surface area (Å²) >= 11 is 3.99. The monoisotopic (exact) mass is 370 g/mol. The number of esters is 2. The van der Waals surface area contributed by atoms with Crippen LogP contribution in [-0.4, -0.2) is 45.1 Å². The zero-order valence-electron chi connectivity index (χ0n) is 14.4. The fourth-order valence-electron chi connectivity index (χ4n) is 4.24. The van der Waals surface area contributed by atoms with Gasteiger partial charge in [0, 0.05) is 20.0 Å². The molecule has 6 unspecified atom stereocenters. The summed E-state index contributed by atoms with van der Waals surface area (Å²) in [5.74, 6) is -0.139. The lowest BCUT2D eigenvalue weighted by Crippen LogP contribution is -2.30. The minimum atomic E-state index is -0.108. The maximum atomic E-state index is 12.1. The van der Waals surface area contributed by atoms with E-state index >= 15 is 0 Å². The van der Waals surface area contributed by atoms with Gasteiger partial charge in [0.1, 0.15) is 13.2 Å². The average molecular weight is 371 g/mol. The van der Waals surface area contributed by atoms with Crippen molar-refractivity contribution in [3.8, 4) is 0 Å². The van der Waals surface area contributed by atoms with E-state index in [1.165, 1.54) is 0 Å². The summed E-state index contributed by atoms with van der Waals surface area (Å²) in [5.41, 5.74) is 0. The minimum absolute atomic E-state index is 0.0386. The zero-order valence-corrected chi connectivity index (χ0v) is 16.0. The van der Waals surface area contributed by atoms with Gasteiger partial charge in [-0.2, -0.15) is 0 Å². The van der Waals surface area contributed by atoms with E-state index in [1.54, 1.807) is 0 Å². The smallest absolute Gasteiger partial charge is 0.309 e. The summed E-state index contributed by atoms with van der Waals surface area (Å²) in [6.45, 7) is 4.96. The van der Waals surface area contributed by atoms with E-state index in [2.05, 4.69) is 13.8 Å². The zero-order chi connectivity index (χ0) is 16.9. The largest absolute Gasteiger partial charge is 0.462 e. The number of thioether (sulfide) groups is 2. The molecule has 0 bridgehead atoms. The average Bonchev–Trinajstić information content (AvgIpc) is 3.42. The molecule has 2 aliphatic carbocycles. The lowest BCUT2D eigenvalue weighted by molar-refractivity contribution is -0.158. The van der Waals surface area contributed by atoms with Crippen molar-refractivity contribution in [2.45, 2.75) is 72.4 Å². The van der Waals surface area contributed by atoms with Crippen LogP contribution >= 0.6 is 23.5 Å². The molecule has 0 aromatic rings. The van der Waals surface area contributed by atoms with Crippen molar-refractivity contribution >= 4 is 35.5 Å². The molecule has 0 aromatic heterocycles. The van der Waals surface area contributed by atoms with E-state index < -0.39 is 0 Å².